The van der Waals surface area contributed by atoms with Crippen LogP contribution >= 0.6 is 35.0 Å². The van der Waals surface area contributed by atoms with Crippen LogP contribution in [-0.4, -0.2) is 16.0 Å². The number of imide groups is 1. The SMILES string of the molecule is O=C1S/C(=C\c2ccc(OCc3ccccc3Cl)c(Cl)c2)C(=O)N1Cc1ccccc1. The average Bonchev–Trinajstić information content (AvgIpc) is 3.02. The lowest BCUT2D eigenvalue weighted by Gasteiger charge is -2.12. The second kappa shape index (κ2) is 9.60. The first-order valence-electron chi connectivity index (χ1n) is 9.46. The number of hydrogen-bond acceptors (Lipinski definition) is 4. The monoisotopic (exact) mass is 469 g/mol. The van der Waals surface area contributed by atoms with Gasteiger partial charge in [0.15, 0.2) is 0 Å². The van der Waals surface area contributed by atoms with Gasteiger partial charge >= 0.3 is 0 Å². The van der Waals surface area contributed by atoms with E-state index in [0.29, 0.717) is 26.3 Å². The molecule has 0 spiro atoms. The first-order valence-corrected chi connectivity index (χ1v) is 11.0. The van der Waals surface area contributed by atoms with Crippen molar-refractivity contribution in [2.45, 2.75) is 13.2 Å². The fourth-order valence-electron chi connectivity index (χ4n) is 3.05. The third kappa shape index (κ3) is 5.13. The van der Waals surface area contributed by atoms with Crippen molar-refractivity contribution in [3.63, 3.8) is 0 Å². The van der Waals surface area contributed by atoms with Crippen molar-refractivity contribution in [3.05, 3.63) is 104 Å². The molecule has 1 saturated heterocycles. The number of thioether (sulfide) groups is 1. The second-order valence-electron chi connectivity index (χ2n) is 6.82. The van der Waals surface area contributed by atoms with Gasteiger partial charge in [-0.2, -0.15) is 0 Å². The highest BCUT2D eigenvalue weighted by atomic mass is 35.5. The minimum Gasteiger partial charge on any atom is -0.487 e. The van der Waals surface area contributed by atoms with Crippen molar-refractivity contribution in [2.75, 3.05) is 0 Å². The van der Waals surface area contributed by atoms with Crippen LogP contribution in [-0.2, 0) is 17.9 Å². The topological polar surface area (TPSA) is 46.6 Å². The Morgan fingerprint density at radius 2 is 1.65 bits per heavy atom. The van der Waals surface area contributed by atoms with Gasteiger partial charge in [0.05, 0.1) is 16.5 Å². The third-order valence-corrected chi connectivity index (χ3v) is 6.22. The molecule has 0 atom stereocenters. The molecule has 0 N–H and O–H groups in total. The Morgan fingerprint density at radius 1 is 0.903 bits per heavy atom. The largest absolute Gasteiger partial charge is 0.487 e. The fraction of sp³-hybridized carbons (Fsp3) is 0.0833. The number of amides is 2. The van der Waals surface area contributed by atoms with Crippen LogP contribution in [0.4, 0.5) is 4.79 Å². The molecule has 1 fully saturated rings. The zero-order valence-electron chi connectivity index (χ0n) is 16.3. The first-order chi connectivity index (χ1) is 15.0. The van der Waals surface area contributed by atoms with Crippen molar-refractivity contribution in [3.8, 4) is 5.75 Å². The Balaban J connectivity index is 1.46. The van der Waals surface area contributed by atoms with Crippen LogP contribution in [0.2, 0.25) is 10.0 Å². The van der Waals surface area contributed by atoms with Gasteiger partial charge in [0, 0.05) is 10.6 Å². The molecule has 0 unspecified atom stereocenters. The molecule has 3 aromatic rings. The van der Waals surface area contributed by atoms with Gasteiger partial charge in [0.1, 0.15) is 12.4 Å². The normalized spacial score (nSPS) is 15.0. The highest BCUT2D eigenvalue weighted by Gasteiger charge is 2.34. The molecule has 7 heteroatoms. The molecule has 1 heterocycles. The standard InChI is InChI=1S/C24H17Cl2NO3S/c25-19-9-5-4-8-18(19)15-30-21-11-10-17(12-20(21)26)13-22-23(28)27(24(29)31-22)14-16-6-2-1-3-7-16/h1-13H,14-15H2/b22-13-. The number of benzene rings is 3. The number of rotatable bonds is 6. The molecular weight excluding hydrogens is 453 g/mol. The summed E-state index contributed by atoms with van der Waals surface area (Å²) in [5.74, 6) is 0.199. The van der Waals surface area contributed by atoms with Crippen molar-refractivity contribution < 1.29 is 14.3 Å². The summed E-state index contributed by atoms with van der Waals surface area (Å²) in [5, 5.41) is 0.747. The summed E-state index contributed by atoms with van der Waals surface area (Å²) in [6.07, 6.45) is 1.67. The van der Waals surface area contributed by atoms with Gasteiger partial charge < -0.3 is 4.74 Å². The van der Waals surface area contributed by atoms with E-state index in [2.05, 4.69) is 0 Å². The van der Waals surface area contributed by atoms with E-state index in [1.54, 1.807) is 30.3 Å². The zero-order valence-corrected chi connectivity index (χ0v) is 18.6. The molecule has 156 valence electrons. The van der Waals surface area contributed by atoms with Crippen molar-refractivity contribution >= 4 is 52.2 Å². The Kier molecular flexibility index (Phi) is 6.66. The highest BCUT2D eigenvalue weighted by Crippen LogP contribution is 2.35. The van der Waals surface area contributed by atoms with Crippen LogP contribution in [0.1, 0.15) is 16.7 Å². The summed E-state index contributed by atoms with van der Waals surface area (Å²) in [7, 11) is 0. The number of nitrogens with zero attached hydrogens (tertiary/aromatic N) is 1. The van der Waals surface area contributed by atoms with E-state index in [9.17, 15) is 9.59 Å². The van der Waals surface area contributed by atoms with E-state index in [4.69, 9.17) is 27.9 Å². The van der Waals surface area contributed by atoms with Crippen molar-refractivity contribution in [2.24, 2.45) is 0 Å². The van der Waals surface area contributed by atoms with E-state index in [0.717, 1.165) is 22.9 Å². The minimum absolute atomic E-state index is 0.248. The molecule has 4 nitrogen and oxygen atoms in total. The maximum Gasteiger partial charge on any atom is 0.293 e. The van der Waals surface area contributed by atoms with Gasteiger partial charge in [-0.3, -0.25) is 14.5 Å². The van der Waals surface area contributed by atoms with Gasteiger partial charge in [-0.15, -0.1) is 0 Å². The first kappa shape index (κ1) is 21.5. The average molecular weight is 470 g/mol. The highest BCUT2D eigenvalue weighted by molar-refractivity contribution is 8.18. The van der Waals surface area contributed by atoms with Crippen molar-refractivity contribution in [1.82, 2.24) is 4.90 Å². The molecule has 0 aliphatic carbocycles. The number of carbonyl (C=O) groups is 2. The maximum absolute atomic E-state index is 12.7. The number of halogens is 2. The molecule has 1 aliphatic rings. The second-order valence-corrected chi connectivity index (χ2v) is 8.63. The van der Waals surface area contributed by atoms with Gasteiger partial charge in [-0.1, -0.05) is 77.8 Å². The maximum atomic E-state index is 12.7. The van der Waals surface area contributed by atoms with Crippen LogP contribution in [0.15, 0.2) is 77.7 Å². The van der Waals surface area contributed by atoms with Crippen LogP contribution in [0.5, 0.6) is 5.75 Å². The molecule has 1 aliphatic heterocycles. The van der Waals surface area contributed by atoms with Crippen LogP contribution in [0, 0.1) is 0 Å². The third-order valence-electron chi connectivity index (χ3n) is 4.65. The Morgan fingerprint density at radius 3 is 2.39 bits per heavy atom. The molecule has 4 rings (SSSR count). The number of hydrogen-bond donors (Lipinski definition) is 0. The molecule has 2 amide bonds. The van der Waals surface area contributed by atoms with Gasteiger partial charge in [-0.25, -0.2) is 0 Å². The number of ether oxygens (including phenoxy) is 1. The lowest BCUT2D eigenvalue weighted by molar-refractivity contribution is -0.123. The summed E-state index contributed by atoms with van der Waals surface area (Å²) in [6.45, 7) is 0.537. The van der Waals surface area contributed by atoms with E-state index >= 15 is 0 Å². The van der Waals surface area contributed by atoms with E-state index < -0.39 is 0 Å². The lowest BCUT2D eigenvalue weighted by Crippen LogP contribution is -2.27. The summed E-state index contributed by atoms with van der Waals surface area (Å²) in [4.78, 5) is 26.6. The summed E-state index contributed by atoms with van der Waals surface area (Å²) in [5.41, 5.74) is 2.46. The smallest absolute Gasteiger partial charge is 0.293 e. The van der Waals surface area contributed by atoms with E-state index in [1.807, 2.05) is 48.5 Å². The summed E-state index contributed by atoms with van der Waals surface area (Å²) < 4.78 is 5.78. The van der Waals surface area contributed by atoms with Crippen LogP contribution in [0.25, 0.3) is 6.08 Å². The fourth-order valence-corrected chi connectivity index (χ4v) is 4.32. The molecule has 3 aromatic carbocycles. The minimum atomic E-state index is -0.311. The summed E-state index contributed by atoms with van der Waals surface area (Å²) >= 11 is 13.4. The van der Waals surface area contributed by atoms with E-state index in [1.165, 1.54) is 4.90 Å². The molecule has 0 saturated carbocycles. The molecule has 0 aromatic heterocycles. The van der Waals surface area contributed by atoms with Gasteiger partial charge in [0.25, 0.3) is 11.1 Å². The zero-order chi connectivity index (χ0) is 21.8. The predicted octanol–water partition coefficient (Wildman–Crippen LogP) is 6.81. The molecule has 0 radical (unpaired) electrons. The lowest BCUT2D eigenvalue weighted by atomic mass is 10.2. The molecular formula is C24H17Cl2NO3S. The van der Waals surface area contributed by atoms with Crippen LogP contribution < -0.4 is 4.74 Å². The predicted molar refractivity (Wildman–Crippen MR) is 125 cm³/mol. The molecule has 0 bridgehead atoms. The van der Waals surface area contributed by atoms with Crippen molar-refractivity contribution in [1.29, 1.82) is 0 Å². The Hall–Kier alpha value is -2.73. The van der Waals surface area contributed by atoms with Gasteiger partial charge in [-0.05, 0) is 47.2 Å². The van der Waals surface area contributed by atoms with Crippen LogP contribution in [0.3, 0.4) is 0 Å². The Labute approximate surface area is 194 Å². The quantitative estimate of drug-likeness (QED) is 0.372. The van der Waals surface area contributed by atoms with Gasteiger partial charge in [0.2, 0.25) is 0 Å². The number of carbonyl (C=O) groups excluding carboxylic acids is 2. The summed E-state index contributed by atoms with van der Waals surface area (Å²) in [6, 6.07) is 22.1. The molecule has 31 heavy (non-hydrogen) atoms. The van der Waals surface area contributed by atoms with E-state index in [-0.39, 0.29) is 24.3 Å². The Bertz CT molecular complexity index is 1160.